The number of carbonyl (C=O) groups is 2. The van der Waals surface area contributed by atoms with Gasteiger partial charge in [0.1, 0.15) is 0 Å². The van der Waals surface area contributed by atoms with Gasteiger partial charge in [0.05, 0.1) is 30.7 Å². The van der Waals surface area contributed by atoms with Crippen LogP contribution in [0.5, 0.6) is 0 Å². The second-order valence-electron chi connectivity index (χ2n) is 8.33. The lowest BCUT2D eigenvalue weighted by atomic mass is 9.78. The fraction of sp³-hybridized carbons (Fsp3) is 0.882. The molecule has 0 aromatic heterocycles. The van der Waals surface area contributed by atoms with E-state index in [1.807, 2.05) is 13.8 Å². The minimum Gasteiger partial charge on any atom is -0.481 e. The third kappa shape index (κ3) is 6.47. The number of hydrogen-bond donors (Lipinski definition) is 3. The molecule has 1 saturated carbocycles. The SMILES string of the molecule is CC(C)(COC1CCCC1C(C)(C)C)NC(=O)[C@@H](N)CC(=O)O. The Labute approximate surface area is 139 Å². The maximum Gasteiger partial charge on any atom is 0.305 e. The lowest BCUT2D eigenvalue weighted by Gasteiger charge is -2.35. The van der Waals surface area contributed by atoms with Crippen LogP contribution in [0.1, 0.15) is 60.3 Å². The van der Waals surface area contributed by atoms with Crippen LogP contribution in [-0.2, 0) is 14.3 Å². The zero-order chi connectivity index (χ0) is 17.8. The van der Waals surface area contributed by atoms with Gasteiger partial charge in [0.25, 0.3) is 0 Å². The lowest BCUT2D eigenvalue weighted by Crippen LogP contribution is -2.53. The summed E-state index contributed by atoms with van der Waals surface area (Å²) in [6, 6.07) is -1.04. The van der Waals surface area contributed by atoms with Gasteiger partial charge in [-0.1, -0.05) is 27.2 Å². The van der Waals surface area contributed by atoms with Gasteiger partial charge in [0, 0.05) is 0 Å². The fourth-order valence-corrected chi connectivity index (χ4v) is 3.17. The molecule has 0 heterocycles. The molecular weight excluding hydrogens is 296 g/mol. The molecular formula is C17H32N2O4. The predicted octanol–water partition coefficient (Wildman–Crippen LogP) is 1.91. The molecule has 3 atom stereocenters. The first-order valence-corrected chi connectivity index (χ1v) is 8.33. The summed E-state index contributed by atoms with van der Waals surface area (Å²) in [7, 11) is 0. The van der Waals surface area contributed by atoms with E-state index < -0.39 is 23.5 Å². The van der Waals surface area contributed by atoms with Gasteiger partial charge in [0.2, 0.25) is 5.91 Å². The van der Waals surface area contributed by atoms with Gasteiger partial charge in [-0.15, -0.1) is 0 Å². The number of aliphatic carboxylic acids is 1. The lowest BCUT2D eigenvalue weighted by molar-refractivity contribution is -0.140. The third-order valence-electron chi connectivity index (χ3n) is 4.42. The quantitative estimate of drug-likeness (QED) is 0.662. The minimum atomic E-state index is -1.08. The number of rotatable bonds is 7. The van der Waals surface area contributed by atoms with Crippen LogP contribution in [0.3, 0.4) is 0 Å². The Morgan fingerprint density at radius 3 is 2.39 bits per heavy atom. The molecule has 6 nitrogen and oxygen atoms in total. The Morgan fingerprint density at radius 1 is 1.26 bits per heavy atom. The van der Waals surface area contributed by atoms with Crippen molar-refractivity contribution >= 4 is 11.9 Å². The van der Waals surface area contributed by atoms with Crippen molar-refractivity contribution in [3.05, 3.63) is 0 Å². The van der Waals surface area contributed by atoms with E-state index in [-0.39, 0.29) is 17.9 Å². The van der Waals surface area contributed by atoms with Crippen molar-refractivity contribution in [2.75, 3.05) is 6.61 Å². The first-order valence-electron chi connectivity index (χ1n) is 8.33. The standard InChI is InChI=1S/C17H32N2O4/c1-16(2,3)11-7-6-8-13(11)23-10-17(4,5)19-15(22)12(18)9-14(20)21/h11-13H,6-10,18H2,1-5H3,(H,19,22)(H,20,21)/t11?,12-,13?/m0/s1. The van der Waals surface area contributed by atoms with Gasteiger partial charge >= 0.3 is 5.97 Å². The van der Waals surface area contributed by atoms with Crippen LogP contribution >= 0.6 is 0 Å². The van der Waals surface area contributed by atoms with Crippen molar-refractivity contribution in [1.82, 2.24) is 5.32 Å². The Bertz CT molecular complexity index is 429. The number of nitrogens with one attached hydrogen (secondary N) is 1. The number of hydrogen-bond acceptors (Lipinski definition) is 4. The number of carbonyl (C=O) groups excluding carboxylic acids is 1. The van der Waals surface area contributed by atoms with Crippen molar-refractivity contribution < 1.29 is 19.4 Å². The average molecular weight is 328 g/mol. The van der Waals surface area contributed by atoms with E-state index in [0.717, 1.165) is 6.42 Å². The van der Waals surface area contributed by atoms with E-state index in [9.17, 15) is 9.59 Å². The number of carboxylic acid groups (broad SMARTS) is 1. The van der Waals surface area contributed by atoms with Crippen LogP contribution in [0.2, 0.25) is 0 Å². The second-order valence-corrected chi connectivity index (χ2v) is 8.33. The van der Waals surface area contributed by atoms with E-state index in [0.29, 0.717) is 12.5 Å². The highest BCUT2D eigenvalue weighted by molar-refractivity contribution is 5.86. The first kappa shape index (κ1) is 19.9. The van der Waals surface area contributed by atoms with E-state index in [1.165, 1.54) is 12.8 Å². The molecule has 1 aliphatic carbocycles. The molecule has 23 heavy (non-hydrogen) atoms. The zero-order valence-corrected chi connectivity index (χ0v) is 15.0. The van der Waals surface area contributed by atoms with Gasteiger partial charge < -0.3 is 20.9 Å². The summed E-state index contributed by atoms with van der Waals surface area (Å²) >= 11 is 0. The summed E-state index contributed by atoms with van der Waals surface area (Å²) in [4.78, 5) is 22.6. The highest BCUT2D eigenvalue weighted by Gasteiger charge is 2.37. The minimum absolute atomic E-state index is 0.207. The Morgan fingerprint density at radius 2 is 1.87 bits per heavy atom. The van der Waals surface area contributed by atoms with E-state index in [1.54, 1.807) is 0 Å². The van der Waals surface area contributed by atoms with Crippen molar-refractivity contribution in [2.24, 2.45) is 17.1 Å². The monoisotopic (exact) mass is 328 g/mol. The molecule has 1 aliphatic rings. The fourth-order valence-electron chi connectivity index (χ4n) is 3.17. The highest BCUT2D eigenvalue weighted by Crippen LogP contribution is 2.41. The zero-order valence-electron chi connectivity index (χ0n) is 15.0. The maximum atomic E-state index is 12.0. The summed E-state index contributed by atoms with van der Waals surface area (Å²) < 4.78 is 6.10. The van der Waals surface area contributed by atoms with Crippen molar-refractivity contribution in [1.29, 1.82) is 0 Å². The maximum absolute atomic E-state index is 12.0. The molecule has 4 N–H and O–H groups in total. The number of nitrogens with two attached hydrogens (primary N) is 1. The molecule has 0 saturated heterocycles. The van der Waals surface area contributed by atoms with Gasteiger partial charge in [-0.2, -0.15) is 0 Å². The topological polar surface area (TPSA) is 102 Å². The van der Waals surface area contributed by atoms with Gasteiger partial charge in [0.15, 0.2) is 0 Å². The van der Waals surface area contributed by atoms with E-state index in [2.05, 4.69) is 26.1 Å². The number of carboxylic acids is 1. The molecule has 1 rings (SSSR count). The normalized spacial score (nSPS) is 23.6. The van der Waals surface area contributed by atoms with Crippen LogP contribution in [0, 0.1) is 11.3 Å². The molecule has 0 bridgehead atoms. The van der Waals surface area contributed by atoms with Crippen LogP contribution in [0.15, 0.2) is 0 Å². The summed E-state index contributed by atoms with van der Waals surface area (Å²) in [5.74, 6) is -1.02. The number of amides is 1. The summed E-state index contributed by atoms with van der Waals surface area (Å²) in [5, 5.41) is 11.5. The molecule has 6 heteroatoms. The van der Waals surface area contributed by atoms with E-state index in [4.69, 9.17) is 15.6 Å². The van der Waals surface area contributed by atoms with E-state index >= 15 is 0 Å². The van der Waals surface area contributed by atoms with Crippen molar-refractivity contribution in [3.8, 4) is 0 Å². The largest absolute Gasteiger partial charge is 0.481 e. The molecule has 0 aromatic rings. The molecule has 0 aromatic carbocycles. The first-order chi connectivity index (χ1) is 10.4. The van der Waals surface area contributed by atoms with Crippen LogP contribution in [0.4, 0.5) is 0 Å². The van der Waals surface area contributed by atoms with Crippen molar-refractivity contribution in [3.63, 3.8) is 0 Å². The van der Waals surface area contributed by atoms with Gasteiger partial charge in [-0.3, -0.25) is 9.59 Å². The molecule has 134 valence electrons. The van der Waals surface area contributed by atoms with Gasteiger partial charge in [-0.25, -0.2) is 0 Å². The Balaban J connectivity index is 2.52. The van der Waals surface area contributed by atoms with Crippen LogP contribution in [0.25, 0.3) is 0 Å². The van der Waals surface area contributed by atoms with Crippen molar-refractivity contribution in [2.45, 2.75) is 78.0 Å². The van der Waals surface area contributed by atoms with Gasteiger partial charge in [-0.05, 0) is 38.0 Å². The predicted molar refractivity (Wildman–Crippen MR) is 89.0 cm³/mol. The smallest absolute Gasteiger partial charge is 0.305 e. The van der Waals surface area contributed by atoms with Crippen LogP contribution in [-0.4, -0.2) is 41.3 Å². The Kier molecular flexibility index (Phi) is 6.59. The molecule has 0 aliphatic heterocycles. The second kappa shape index (κ2) is 7.62. The highest BCUT2D eigenvalue weighted by atomic mass is 16.5. The summed E-state index contributed by atoms with van der Waals surface area (Å²) in [6.45, 7) is 10.8. The summed E-state index contributed by atoms with van der Waals surface area (Å²) in [5.41, 5.74) is 5.21. The third-order valence-corrected chi connectivity index (χ3v) is 4.42. The van der Waals surface area contributed by atoms with Crippen LogP contribution < -0.4 is 11.1 Å². The molecule has 2 unspecified atom stereocenters. The summed E-state index contributed by atoms with van der Waals surface area (Å²) in [6.07, 6.45) is 3.22. The Hall–Kier alpha value is -1.14. The number of ether oxygens (including phenoxy) is 1. The molecule has 0 radical (unpaired) electrons. The molecule has 1 fully saturated rings. The average Bonchev–Trinajstić information content (AvgIpc) is 2.83. The molecule has 1 amide bonds. The molecule has 0 spiro atoms.